The topological polar surface area (TPSA) is 68.0 Å². The average molecular weight is 265 g/mol. The fourth-order valence-corrected chi connectivity index (χ4v) is 2.72. The first-order chi connectivity index (χ1) is 8.50. The fourth-order valence-electron chi connectivity index (χ4n) is 1.72. The van der Waals surface area contributed by atoms with Gasteiger partial charge in [0.1, 0.15) is 15.8 Å². The number of thioether (sulfide) groups is 1. The van der Waals surface area contributed by atoms with E-state index < -0.39 is 11.2 Å². The second-order valence-corrected chi connectivity index (χ2v) is 5.59. The zero-order chi connectivity index (χ0) is 13.3. The zero-order valence-corrected chi connectivity index (χ0v) is 11.3. The molecule has 0 aliphatic heterocycles. The van der Waals surface area contributed by atoms with E-state index in [1.807, 2.05) is 31.5 Å². The smallest absolute Gasteiger partial charge is 0.317 e. The number of carboxylic acids is 1. The van der Waals surface area contributed by atoms with Crippen molar-refractivity contribution >= 4 is 28.8 Å². The monoisotopic (exact) mass is 265 g/mol. The van der Waals surface area contributed by atoms with E-state index in [2.05, 4.69) is 9.97 Å². The van der Waals surface area contributed by atoms with E-state index in [4.69, 9.17) is 0 Å². The summed E-state index contributed by atoms with van der Waals surface area (Å²) < 4.78 is 1.90. The largest absolute Gasteiger partial charge is 0.480 e. The molecule has 96 valence electrons. The first-order valence-electron chi connectivity index (χ1n) is 5.66. The first kappa shape index (κ1) is 12.9. The minimum Gasteiger partial charge on any atom is -0.480 e. The van der Waals surface area contributed by atoms with E-state index in [0.29, 0.717) is 5.03 Å². The van der Waals surface area contributed by atoms with Crippen LogP contribution < -0.4 is 0 Å². The number of carboxylic acid groups (broad SMARTS) is 1. The first-order valence-corrected chi connectivity index (χ1v) is 6.54. The van der Waals surface area contributed by atoms with Gasteiger partial charge in [-0.05, 0) is 12.0 Å². The van der Waals surface area contributed by atoms with Crippen LogP contribution in [-0.4, -0.2) is 30.9 Å². The van der Waals surface area contributed by atoms with Crippen LogP contribution in [0.1, 0.15) is 13.8 Å². The van der Waals surface area contributed by atoms with Crippen LogP contribution in [0.4, 0.5) is 0 Å². The van der Waals surface area contributed by atoms with E-state index in [1.54, 1.807) is 12.5 Å². The molecule has 0 aliphatic rings. The highest BCUT2D eigenvalue weighted by Gasteiger charge is 2.24. The molecule has 2 heterocycles. The standard InChI is InChI=1S/C12H15N3O2S/c1-7(2)10(12(16)17)18-11-9-8(4-5-13-11)15(3)6-14-9/h4-7,10H,1-3H3,(H,16,17). The van der Waals surface area contributed by atoms with Gasteiger partial charge in [0.25, 0.3) is 0 Å². The lowest BCUT2D eigenvalue weighted by Crippen LogP contribution is -2.22. The van der Waals surface area contributed by atoms with Gasteiger partial charge in [0.15, 0.2) is 0 Å². The SMILES string of the molecule is CC(C)C(Sc1nccc2c1ncn2C)C(=O)O. The van der Waals surface area contributed by atoms with Gasteiger partial charge >= 0.3 is 5.97 Å². The van der Waals surface area contributed by atoms with Gasteiger partial charge in [-0.25, -0.2) is 9.97 Å². The normalized spacial score (nSPS) is 13.1. The van der Waals surface area contributed by atoms with Crippen LogP contribution >= 0.6 is 11.8 Å². The summed E-state index contributed by atoms with van der Waals surface area (Å²) in [6.07, 6.45) is 3.40. The summed E-state index contributed by atoms with van der Waals surface area (Å²) in [6, 6.07) is 1.87. The van der Waals surface area contributed by atoms with Crippen molar-refractivity contribution in [2.45, 2.75) is 24.1 Å². The molecule has 0 radical (unpaired) electrons. The molecule has 18 heavy (non-hydrogen) atoms. The zero-order valence-electron chi connectivity index (χ0n) is 10.5. The van der Waals surface area contributed by atoms with Gasteiger partial charge in [0.05, 0.1) is 11.8 Å². The molecule has 0 bridgehead atoms. The maximum Gasteiger partial charge on any atom is 0.317 e. The van der Waals surface area contributed by atoms with Crippen molar-refractivity contribution in [1.82, 2.24) is 14.5 Å². The molecular weight excluding hydrogens is 250 g/mol. The number of fused-ring (bicyclic) bond motifs is 1. The second-order valence-electron chi connectivity index (χ2n) is 4.46. The summed E-state index contributed by atoms with van der Waals surface area (Å²) >= 11 is 1.26. The molecule has 1 atom stereocenters. The highest BCUT2D eigenvalue weighted by molar-refractivity contribution is 8.00. The molecule has 0 saturated carbocycles. The van der Waals surface area contributed by atoms with Gasteiger partial charge < -0.3 is 9.67 Å². The molecule has 1 N–H and O–H groups in total. The highest BCUT2D eigenvalue weighted by Crippen LogP contribution is 2.31. The van der Waals surface area contributed by atoms with Crippen molar-refractivity contribution in [2.75, 3.05) is 0 Å². The summed E-state index contributed by atoms with van der Waals surface area (Å²) in [7, 11) is 1.90. The lowest BCUT2D eigenvalue weighted by atomic mass is 10.1. The van der Waals surface area contributed by atoms with Crippen LogP contribution in [0, 0.1) is 5.92 Å². The van der Waals surface area contributed by atoms with Crippen molar-refractivity contribution < 1.29 is 9.90 Å². The summed E-state index contributed by atoms with van der Waals surface area (Å²) in [4.78, 5) is 19.7. The van der Waals surface area contributed by atoms with E-state index in [1.165, 1.54) is 11.8 Å². The molecule has 0 amide bonds. The maximum atomic E-state index is 11.2. The molecule has 0 fully saturated rings. The molecule has 1 unspecified atom stereocenters. The van der Waals surface area contributed by atoms with Crippen LogP contribution in [0.3, 0.4) is 0 Å². The Hall–Kier alpha value is -1.56. The average Bonchev–Trinajstić information content (AvgIpc) is 2.68. The predicted molar refractivity (Wildman–Crippen MR) is 70.6 cm³/mol. The van der Waals surface area contributed by atoms with E-state index in [0.717, 1.165) is 11.0 Å². The summed E-state index contributed by atoms with van der Waals surface area (Å²) in [6.45, 7) is 3.79. The maximum absolute atomic E-state index is 11.2. The van der Waals surface area contributed by atoms with Crippen molar-refractivity contribution in [2.24, 2.45) is 13.0 Å². The number of aryl methyl sites for hydroxylation is 1. The minimum atomic E-state index is -0.815. The number of imidazole rings is 1. The van der Waals surface area contributed by atoms with Crippen LogP contribution in [0.15, 0.2) is 23.6 Å². The van der Waals surface area contributed by atoms with E-state index in [9.17, 15) is 9.90 Å². The van der Waals surface area contributed by atoms with E-state index >= 15 is 0 Å². The molecule has 2 rings (SSSR count). The Bertz CT molecular complexity index is 580. The second kappa shape index (κ2) is 4.97. The number of aliphatic carboxylic acids is 1. The van der Waals surface area contributed by atoms with Crippen molar-refractivity contribution in [3.8, 4) is 0 Å². The van der Waals surface area contributed by atoms with Crippen LogP contribution in [0.25, 0.3) is 11.0 Å². The Labute approximate surface area is 109 Å². The molecule has 5 nitrogen and oxygen atoms in total. The van der Waals surface area contributed by atoms with Gasteiger partial charge in [-0.2, -0.15) is 0 Å². The summed E-state index contributed by atoms with van der Waals surface area (Å²) in [5.41, 5.74) is 1.72. The summed E-state index contributed by atoms with van der Waals surface area (Å²) in [5.74, 6) is -0.780. The highest BCUT2D eigenvalue weighted by atomic mass is 32.2. The number of hydrogen-bond acceptors (Lipinski definition) is 4. The third kappa shape index (κ3) is 2.33. The number of nitrogens with zero attached hydrogens (tertiary/aromatic N) is 3. The number of carbonyl (C=O) groups is 1. The molecule has 0 aromatic carbocycles. The number of aromatic nitrogens is 3. The van der Waals surface area contributed by atoms with Gasteiger partial charge in [0, 0.05) is 13.2 Å². The van der Waals surface area contributed by atoms with Gasteiger partial charge in [-0.1, -0.05) is 25.6 Å². The molecule has 0 spiro atoms. The third-order valence-corrected chi connectivity index (χ3v) is 4.22. The Kier molecular flexibility index (Phi) is 3.56. The van der Waals surface area contributed by atoms with Crippen LogP contribution in [0.5, 0.6) is 0 Å². The lowest BCUT2D eigenvalue weighted by Gasteiger charge is -2.14. The molecular formula is C12H15N3O2S. The summed E-state index contributed by atoms with van der Waals surface area (Å²) in [5, 5.41) is 9.37. The quantitative estimate of drug-likeness (QED) is 0.858. The molecule has 0 aliphatic carbocycles. The van der Waals surface area contributed by atoms with Crippen LogP contribution in [-0.2, 0) is 11.8 Å². The van der Waals surface area contributed by atoms with Crippen molar-refractivity contribution in [3.63, 3.8) is 0 Å². The third-order valence-electron chi connectivity index (χ3n) is 2.70. The van der Waals surface area contributed by atoms with Gasteiger partial charge in [0.2, 0.25) is 0 Å². The lowest BCUT2D eigenvalue weighted by molar-refractivity contribution is -0.137. The van der Waals surface area contributed by atoms with Gasteiger partial charge in [-0.3, -0.25) is 4.79 Å². The Morgan fingerprint density at radius 1 is 1.44 bits per heavy atom. The van der Waals surface area contributed by atoms with Crippen LogP contribution in [0.2, 0.25) is 0 Å². The van der Waals surface area contributed by atoms with Crippen molar-refractivity contribution in [1.29, 1.82) is 0 Å². The molecule has 6 heteroatoms. The Morgan fingerprint density at radius 3 is 2.78 bits per heavy atom. The molecule has 0 saturated heterocycles. The Balaban J connectivity index is 2.39. The number of hydrogen-bond donors (Lipinski definition) is 1. The van der Waals surface area contributed by atoms with E-state index in [-0.39, 0.29) is 5.92 Å². The Morgan fingerprint density at radius 2 is 2.17 bits per heavy atom. The fraction of sp³-hybridized carbons (Fsp3) is 0.417. The minimum absolute atomic E-state index is 0.0354. The number of rotatable bonds is 4. The number of pyridine rings is 1. The van der Waals surface area contributed by atoms with Crippen molar-refractivity contribution in [3.05, 3.63) is 18.6 Å². The molecule has 2 aromatic heterocycles. The van der Waals surface area contributed by atoms with Gasteiger partial charge in [-0.15, -0.1) is 0 Å². The predicted octanol–water partition coefficient (Wildman–Crippen LogP) is 2.17. The molecule has 2 aromatic rings.